The van der Waals surface area contributed by atoms with Crippen LogP contribution in [-0.4, -0.2) is 56.1 Å². The Labute approximate surface area is 177 Å². The fourth-order valence-corrected chi connectivity index (χ4v) is 4.47. The first-order chi connectivity index (χ1) is 14.1. The SMILES string of the molecule is COc1ccc(OC)c(CN2CCN(C(=O)C3CC3c3ccccc3Cl)CC2)c1. The van der Waals surface area contributed by atoms with Crippen LogP contribution in [0.1, 0.15) is 23.5 Å². The first-order valence-corrected chi connectivity index (χ1v) is 10.4. The van der Waals surface area contributed by atoms with Crippen molar-refractivity contribution in [2.75, 3.05) is 40.4 Å². The zero-order valence-corrected chi connectivity index (χ0v) is 17.7. The average molecular weight is 415 g/mol. The lowest BCUT2D eigenvalue weighted by Crippen LogP contribution is -2.48. The third-order valence-corrected chi connectivity index (χ3v) is 6.32. The first-order valence-electron chi connectivity index (χ1n) is 10.1. The number of methoxy groups -OCH3 is 2. The molecule has 0 radical (unpaired) electrons. The molecule has 1 saturated heterocycles. The monoisotopic (exact) mass is 414 g/mol. The molecule has 2 aliphatic rings. The average Bonchev–Trinajstić information content (AvgIpc) is 3.54. The molecule has 29 heavy (non-hydrogen) atoms. The van der Waals surface area contributed by atoms with Gasteiger partial charge in [-0.05, 0) is 42.2 Å². The number of amides is 1. The van der Waals surface area contributed by atoms with E-state index in [0.717, 1.165) is 66.8 Å². The molecule has 1 heterocycles. The van der Waals surface area contributed by atoms with Crippen LogP contribution in [0.5, 0.6) is 11.5 Å². The van der Waals surface area contributed by atoms with Crippen LogP contribution in [0.15, 0.2) is 42.5 Å². The summed E-state index contributed by atoms with van der Waals surface area (Å²) < 4.78 is 10.8. The second-order valence-electron chi connectivity index (χ2n) is 7.75. The van der Waals surface area contributed by atoms with Gasteiger partial charge in [0.05, 0.1) is 14.2 Å². The Morgan fingerprint density at radius 1 is 1.07 bits per heavy atom. The third kappa shape index (κ3) is 4.36. The summed E-state index contributed by atoms with van der Waals surface area (Å²) in [5.74, 6) is 2.32. The van der Waals surface area contributed by atoms with Gasteiger partial charge in [0.1, 0.15) is 11.5 Å². The lowest BCUT2D eigenvalue weighted by molar-refractivity contribution is -0.134. The minimum Gasteiger partial charge on any atom is -0.497 e. The maximum Gasteiger partial charge on any atom is 0.226 e. The Morgan fingerprint density at radius 2 is 1.83 bits per heavy atom. The van der Waals surface area contributed by atoms with Gasteiger partial charge >= 0.3 is 0 Å². The zero-order valence-electron chi connectivity index (χ0n) is 16.9. The molecule has 1 aliphatic heterocycles. The Kier molecular flexibility index (Phi) is 5.97. The molecule has 0 aromatic heterocycles. The molecule has 1 saturated carbocycles. The van der Waals surface area contributed by atoms with Gasteiger partial charge in [-0.2, -0.15) is 0 Å². The second kappa shape index (κ2) is 8.64. The highest BCUT2D eigenvalue weighted by Crippen LogP contribution is 2.50. The number of rotatable bonds is 6. The van der Waals surface area contributed by atoms with E-state index >= 15 is 0 Å². The van der Waals surface area contributed by atoms with Crippen molar-refractivity contribution in [3.63, 3.8) is 0 Å². The number of piperazine rings is 1. The highest BCUT2D eigenvalue weighted by molar-refractivity contribution is 6.31. The largest absolute Gasteiger partial charge is 0.497 e. The van der Waals surface area contributed by atoms with Crippen LogP contribution < -0.4 is 9.47 Å². The summed E-state index contributed by atoms with van der Waals surface area (Å²) in [6.07, 6.45) is 0.907. The van der Waals surface area contributed by atoms with Crippen LogP contribution in [0.2, 0.25) is 5.02 Å². The van der Waals surface area contributed by atoms with Crippen molar-refractivity contribution in [3.05, 3.63) is 58.6 Å². The molecule has 154 valence electrons. The number of hydrogen-bond donors (Lipinski definition) is 0. The van der Waals surface area contributed by atoms with Crippen LogP contribution >= 0.6 is 11.6 Å². The Hall–Kier alpha value is -2.24. The number of hydrogen-bond acceptors (Lipinski definition) is 4. The summed E-state index contributed by atoms with van der Waals surface area (Å²) in [6.45, 7) is 4.02. The summed E-state index contributed by atoms with van der Waals surface area (Å²) >= 11 is 6.31. The lowest BCUT2D eigenvalue weighted by Gasteiger charge is -2.35. The van der Waals surface area contributed by atoms with Gasteiger partial charge in [-0.1, -0.05) is 29.8 Å². The van der Waals surface area contributed by atoms with E-state index in [1.807, 2.05) is 47.4 Å². The summed E-state index contributed by atoms with van der Waals surface area (Å²) in [5.41, 5.74) is 2.21. The predicted molar refractivity (Wildman–Crippen MR) is 114 cm³/mol. The van der Waals surface area contributed by atoms with Crippen molar-refractivity contribution in [2.45, 2.75) is 18.9 Å². The fourth-order valence-electron chi connectivity index (χ4n) is 4.19. The molecule has 0 spiro atoms. The number of carbonyl (C=O) groups excluding carboxylic acids is 1. The molecule has 2 atom stereocenters. The Morgan fingerprint density at radius 3 is 2.52 bits per heavy atom. The second-order valence-corrected chi connectivity index (χ2v) is 8.16. The van der Waals surface area contributed by atoms with Gasteiger partial charge in [0.2, 0.25) is 5.91 Å². The molecule has 1 aliphatic carbocycles. The summed E-state index contributed by atoms with van der Waals surface area (Å²) in [7, 11) is 3.36. The van der Waals surface area contributed by atoms with Crippen molar-refractivity contribution in [2.24, 2.45) is 5.92 Å². The van der Waals surface area contributed by atoms with Gasteiger partial charge in [0, 0.05) is 49.2 Å². The molecule has 0 N–H and O–H groups in total. The molecule has 2 fully saturated rings. The van der Waals surface area contributed by atoms with Crippen molar-refractivity contribution < 1.29 is 14.3 Å². The highest BCUT2D eigenvalue weighted by Gasteiger charge is 2.46. The number of nitrogens with zero attached hydrogens (tertiary/aromatic N) is 2. The molecule has 2 unspecified atom stereocenters. The van der Waals surface area contributed by atoms with Gasteiger partial charge in [0.25, 0.3) is 0 Å². The summed E-state index contributed by atoms with van der Waals surface area (Å²) in [4.78, 5) is 17.3. The standard InChI is InChI=1S/C23H27ClN2O3/c1-28-17-7-8-22(29-2)16(13-17)15-25-9-11-26(12-10-25)23(27)20-14-19(20)18-5-3-4-6-21(18)24/h3-8,13,19-20H,9-12,14-15H2,1-2H3. The third-order valence-electron chi connectivity index (χ3n) is 5.98. The van der Waals surface area contributed by atoms with E-state index in [0.29, 0.717) is 0 Å². The van der Waals surface area contributed by atoms with E-state index in [4.69, 9.17) is 21.1 Å². The minimum atomic E-state index is 0.0833. The number of carbonyl (C=O) groups is 1. The van der Waals surface area contributed by atoms with Crippen LogP contribution in [0.3, 0.4) is 0 Å². The molecule has 6 heteroatoms. The topological polar surface area (TPSA) is 42.0 Å². The fraction of sp³-hybridized carbons (Fsp3) is 0.435. The van der Waals surface area contributed by atoms with Crippen LogP contribution in [0, 0.1) is 5.92 Å². The van der Waals surface area contributed by atoms with Crippen LogP contribution in [0.4, 0.5) is 0 Å². The molecule has 2 aromatic carbocycles. The maximum absolute atomic E-state index is 12.9. The van der Waals surface area contributed by atoms with Crippen molar-refractivity contribution in [1.82, 2.24) is 9.80 Å². The van der Waals surface area contributed by atoms with Crippen molar-refractivity contribution in [1.29, 1.82) is 0 Å². The molecule has 5 nitrogen and oxygen atoms in total. The van der Waals surface area contributed by atoms with E-state index in [-0.39, 0.29) is 17.7 Å². The van der Waals surface area contributed by atoms with E-state index in [1.54, 1.807) is 14.2 Å². The molecule has 1 amide bonds. The predicted octanol–water partition coefficient (Wildman–Crippen LogP) is 3.81. The first kappa shape index (κ1) is 20.0. The maximum atomic E-state index is 12.9. The minimum absolute atomic E-state index is 0.0833. The van der Waals surface area contributed by atoms with Gasteiger partial charge in [-0.3, -0.25) is 9.69 Å². The molecule has 0 bridgehead atoms. The van der Waals surface area contributed by atoms with Gasteiger partial charge < -0.3 is 14.4 Å². The van der Waals surface area contributed by atoms with Crippen LogP contribution in [-0.2, 0) is 11.3 Å². The zero-order chi connectivity index (χ0) is 20.4. The molecular formula is C23H27ClN2O3. The van der Waals surface area contributed by atoms with E-state index < -0.39 is 0 Å². The smallest absolute Gasteiger partial charge is 0.226 e. The van der Waals surface area contributed by atoms with Gasteiger partial charge in [-0.15, -0.1) is 0 Å². The summed E-state index contributed by atoms with van der Waals surface area (Å²) in [6, 6.07) is 13.7. The van der Waals surface area contributed by atoms with Gasteiger partial charge in [-0.25, -0.2) is 0 Å². The molecular weight excluding hydrogens is 388 g/mol. The van der Waals surface area contributed by atoms with Crippen molar-refractivity contribution >= 4 is 17.5 Å². The number of ether oxygens (including phenoxy) is 2. The van der Waals surface area contributed by atoms with Gasteiger partial charge in [0.15, 0.2) is 0 Å². The van der Waals surface area contributed by atoms with Crippen LogP contribution in [0.25, 0.3) is 0 Å². The normalized spacial score (nSPS) is 21.7. The number of benzene rings is 2. The van der Waals surface area contributed by atoms with E-state index in [1.165, 1.54) is 0 Å². The number of halogens is 1. The Bertz CT molecular complexity index is 880. The van der Waals surface area contributed by atoms with E-state index in [9.17, 15) is 4.79 Å². The lowest BCUT2D eigenvalue weighted by atomic mass is 10.1. The summed E-state index contributed by atoms with van der Waals surface area (Å²) in [5, 5.41) is 0.768. The van der Waals surface area contributed by atoms with Crippen molar-refractivity contribution in [3.8, 4) is 11.5 Å². The quantitative estimate of drug-likeness (QED) is 0.721. The molecule has 2 aromatic rings. The van der Waals surface area contributed by atoms with E-state index in [2.05, 4.69) is 4.90 Å². The Balaban J connectivity index is 1.32. The highest BCUT2D eigenvalue weighted by atomic mass is 35.5. The molecule has 4 rings (SSSR count).